The van der Waals surface area contributed by atoms with Crippen LogP contribution in [-0.4, -0.2) is 61.9 Å². The van der Waals surface area contributed by atoms with Crippen molar-refractivity contribution >= 4 is 45.1 Å². The largest absolute Gasteiger partial charge is 0.488 e. The predicted molar refractivity (Wildman–Crippen MR) is 172 cm³/mol. The highest BCUT2D eigenvalue weighted by molar-refractivity contribution is 6.10. The minimum absolute atomic E-state index is 0.00914. The topological polar surface area (TPSA) is 153 Å². The Morgan fingerprint density at radius 3 is 2.37 bits per heavy atom. The van der Waals surface area contributed by atoms with E-state index in [2.05, 4.69) is 23.7 Å². The van der Waals surface area contributed by atoms with E-state index < -0.39 is 11.5 Å². The number of anilines is 1. The normalized spacial score (nSPS) is 14.4. The summed E-state index contributed by atoms with van der Waals surface area (Å²) in [5.41, 5.74) is 9.31. The molecule has 3 aromatic carbocycles. The molecule has 0 aliphatic carbocycles. The number of nitrogens with two attached hydrogens (primary N) is 1. The van der Waals surface area contributed by atoms with Crippen molar-refractivity contribution in [2.75, 3.05) is 18.4 Å². The van der Waals surface area contributed by atoms with Gasteiger partial charge in [0.1, 0.15) is 29.1 Å². The fraction of sp³-hybridized carbons (Fsp3) is 0.394. The number of nitrogens with zero attached hydrogens (tertiary/aromatic N) is 3. The SMILES string of the molecule is CC(=N)N1CCC(Oc2cc3c(nc(C(C)C)n3-c3ccc(C(=N)N)c4ccccc34)c(C)c2NC(C)(C)C(=O)O)CC1. The Labute approximate surface area is 251 Å². The third-order valence-electron chi connectivity index (χ3n) is 8.31. The Kier molecular flexibility index (Phi) is 7.81. The molecule has 6 N–H and O–H groups in total. The minimum Gasteiger partial charge on any atom is -0.488 e. The minimum atomic E-state index is -1.25. The lowest BCUT2D eigenvalue weighted by Crippen LogP contribution is -2.41. The Bertz CT molecular complexity index is 1750. The zero-order valence-corrected chi connectivity index (χ0v) is 25.7. The van der Waals surface area contributed by atoms with Crippen molar-refractivity contribution in [3.05, 3.63) is 59.4 Å². The molecule has 10 nitrogen and oxygen atoms in total. The summed E-state index contributed by atoms with van der Waals surface area (Å²) < 4.78 is 8.84. The summed E-state index contributed by atoms with van der Waals surface area (Å²) in [4.78, 5) is 19.3. The van der Waals surface area contributed by atoms with Crippen LogP contribution in [0.2, 0.25) is 0 Å². The average Bonchev–Trinajstić information content (AvgIpc) is 3.34. The van der Waals surface area contributed by atoms with Crippen LogP contribution in [0, 0.1) is 17.7 Å². The number of likely N-dealkylation sites (tertiary alicyclic amines) is 1. The highest BCUT2D eigenvalue weighted by Gasteiger charge is 2.32. The second kappa shape index (κ2) is 11.2. The van der Waals surface area contributed by atoms with Gasteiger partial charge in [-0.25, -0.2) is 9.78 Å². The van der Waals surface area contributed by atoms with Gasteiger partial charge < -0.3 is 25.8 Å². The maximum Gasteiger partial charge on any atom is 0.328 e. The van der Waals surface area contributed by atoms with Gasteiger partial charge in [0.2, 0.25) is 0 Å². The molecule has 1 aromatic heterocycles. The van der Waals surface area contributed by atoms with E-state index in [1.807, 2.05) is 54.3 Å². The Hall–Kier alpha value is -4.60. The molecule has 226 valence electrons. The van der Waals surface area contributed by atoms with E-state index in [9.17, 15) is 9.90 Å². The molecule has 1 saturated heterocycles. The number of carboxylic acid groups (broad SMARTS) is 1. The molecular formula is C33H41N7O3. The number of nitrogens with one attached hydrogen (secondary N) is 3. The lowest BCUT2D eigenvalue weighted by Gasteiger charge is -2.34. The number of imidazole rings is 1. The van der Waals surface area contributed by atoms with Gasteiger partial charge in [0.25, 0.3) is 0 Å². The Morgan fingerprint density at radius 2 is 1.79 bits per heavy atom. The third-order valence-corrected chi connectivity index (χ3v) is 8.31. The van der Waals surface area contributed by atoms with Crippen LogP contribution in [0.25, 0.3) is 27.5 Å². The summed E-state index contributed by atoms with van der Waals surface area (Å²) >= 11 is 0. The molecule has 1 aliphatic rings. The van der Waals surface area contributed by atoms with Crippen molar-refractivity contribution in [1.82, 2.24) is 14.5 Å². The number of carboxylic acids is 1. The molecule has 4 aromatic rings. The van der Waals surface area contributed by atoms with Gasteiger partial charge in [-0.2, -0.15) is 0 Å². The fourth-order valence-electron chi connectivity index (χ4n) is 5.82. The van der Waals surface area contributed by atoms with E-state index in [0.717, 1.165) is 64.8 Å². The summed E-state index contributed by atoms with van der Waals surface area (Å²) in [6.45, 7) is 12.7. The van der Waals surface area contributed by atoms with Crippen LogP contribution in [0.5, 0.6) is 5.75 Å². The number of aryl methyl sites for hydroxylation is 1. The number of rotatable bonds is 8. The molecular weight excluding hydrogens is 542 g/mol. The predicted octanol–water partition coefficient (Wildman–Crippen LogP) is 6.01. The lowest BCUT2D eigenvalue weighted by molar-refractivity contribution is -0.141. The van der Waals surface area contributed by atoms with Crippen LogP contribution in [0.1, 0.15) is 70.3 Å². The van der Waals surface area contributed by atoms with E-state index in [1.54, 1.807) is 20.8 Å². The van der Waals surface area contributed by atoms with Crippen LogP contribution < -0.4 is 15.8 Å². The molecule has 0 unspecified atom stereocenters. The number of hydrogen-bond donors (Lipinski definition) is 5. The van der Waals surface area contributed by atoms with Crippen LogP contribution in [0.4, 0.5) is 5.69 Å². The molecule has 10 heteroatoms. The highest BCUT2D eigenvalue weighted by atomic mass is 16.5. The average molecular weight is 584 g/mol. The van der Waals surface area contributed by atoms with Gasteiger partial charge in [-0.1, -0.05) is 38.1 Å². The first kappa shape index (κ1) is 29.9. The van der Waals surface area contributed by atoms with Crippen molar-refractivity contribution in [3.63, 3.8) is 0 Å². The summed E-state index contributed by atoms with van der Waals surface area (Å²) in [6, 6.07) is 13.8. The second-order valence-corrected chi connectivity index (χ2v) is 12.2. The number of aromatic nitrogens is 2. The Balaban J connectivity index is 1.74. The van der Waals surface area contributed by atoms with Gasteiger partial charge in [0, 0.05) is 54.4 Å². The molecule has 0 amide bonds. The first-order valence-corrected chi connectivity index (χ1v) is 14.7. The zero-order valence-electron chi connectivity index (χ0n) is 25.7. The summed E-state index contributed by atoms with van der Waals surface area (Å²) in [7, 11) is 0. The van der Waals surface area contributed by atoms with Crippen molar-refractivity contribution in [3.8, 4) is 11.4 Å². The number of benzene rings is 3. The van der Waals surface area contributed by atoms with E-state index in [0.29, 0.717) is 22.8 Å². The summed E-state index contributed by atoms with van der Waals surface area (Å²) in [5.74, 6) is 1.09. The molecule has 0 spiro atoms. The van der Waals surface area contributed by atoms with Crippen LogP contribution in [0.3, 0.4) is 0 Å². The standard InChI is InChI=1S/C33H41N7O3/c1-18(2)31-37-28-19(3)29(38-33(5,6)32(41)42)27(43-21-13-15-39(16-14-21)20(4)34)17-26(28)40(31)25-12-11-24(30(35)36)22-9-7-8-10-23(22)25/h7-12,17-18,21,34,38H,13-16H2,1-6H3,(H3,35,36)(H,41,42). The Morgan fingerprint density at radius 1 is 1.14 bits per heavy atom. The molecule has 0 radical (unpaired) electrons. The fourth-order valence-corrected chi connectivity index (χ4v) is 5.82. The second-order valence-electron chi connectivity index (χ2n) is 12.2. The quantitative estimate of drug-likeness (QED) is 0.126. The highest BCUT2D eigenvalue weighted by Crippen LogP contribution is 2.41. The van der Waals surface area contributed by atoms with E-state index in [4.69, 9.17) is 26.3 Å². The maximum atomic E-state index is 12.2. The van der Waals surface area contributed by atoms with Gasteiger partial charge >= 0.3 is 5.97 Å². The number of hydrogen-bond acceptors (Lipinski definition) is 6. The van der Waals surface area contributed by atoms with Crippen molar-refractivity contribution < 1.29 is 14.6 Å². The maximum absolute atomic E-state index is 12.2. The van der Waals surface area contributed by atoms with Crippen molar-refractivity contribution in [2.24, 2.45) is 5.73 Å². The van der Waals surface area contributed by atoms with Crippen LogP contribution in [-0.2, 0) is 4.79 Å². The molecule has 43 heavy (non-hydrogen) atoms. The summed E-state index contributed by atoms with van der Waals surface area (Å²) in [5, 5.41) is 31.2. The number of aliphatic carboxylic acids is 1. The molecule has 1 fully saturated rings. The monoisotopic (exact) mass is 583 g/mol. The van der Waals surface area contributed by atoms with Crippen LogP contribution in [0.15, 0.2) is 42.5 Å². The van der Waals surface area contributed by atoms with Crippen LogP contribution >= 0.6 is 0 Å². The molecule has 0 bridgehead atoms. The smallest absolute Gasteiger partial charge is 0.328 e. The molecule has 5 rings (SSSR count). The molecule has 1 aliphatic heterocycles. The lowest BCUT2D eigenvalue weighted by atomic mass is 10.0. The van der Waals surface area contributed by atoms with Gasteiger partial charge in [-0.05, 0) is 45.2 Å². The van der Waals surface area contributed by atoms with Gasteiger partial charge in [-0.15, -0.1) is 0 Å². The van der Waals surface area contributed by atoms with Crippen molar-refractivity contribution in [2.45, 2.75) is 71.9 Å². The number of fused-ring (bicyclic) bond motifs is 2. The van der Waals surface area contributed by atoms with E-state index >= 15 is 0 Å². The number of piperidine rings is 1. The van der Waals surface area contributed by atoms with Gasteiger partial charge in [0.15, 0.2) is 0 Å². The number of amidine groups is 2. The number of carbonyl (C=O) groups is 1. The van der Waals surface area contributed by atoms with Gasteiger partial charge in [-0.3, -0.25) is 15.4 Å². The summed E-state index contributed by atoms with van der Waals surface area (Å²) in [6.07, 6.45) is 1.42. The van der Waals surface area contributed by atoms with E-state index in [-0.39, 0.29) is 17.9 Å². The number of ether oxygens (including phenoxy) is 1. The number of nitrogen functional groups attached to an aromatic ring is 1. The molecule has 0 saturated carbocycles. The molecule has 2 heterocycles. The third kappa shape index (κ3) is 5.49. The van der Waals surface area contributed by atoms with E-state index in [1.165, 1.54) is 0 Å². The molecule has 0 atom stereocenters. The van der Waals surface area contributed by atoms with Crippen molar-refractivity contribution in [1.29, 1.82) is 10.8 Å². The van der Waals surface area contributed by atoms with Gasteiger partial charge in [0.05, 0.1) is 28.2 Å². The zero-order chi connectivity index (χ0) is 31.2. The first-order valence-electron chi connectivity index (χ1n) is 14.7. The first-order chi connectivity index (χ1) is 20.3.